The highest BCUT2D eigenvalue weighted by molar-refractivity contribution is 5.86. The standard InChI is InChI=1S/C16H18O3/c1-15-12-7-8-13(9-12)16(15,19-15)14(17)18-10-11-5-3-2-4-6-11/h2-6,12-13H,7-10H2,1H3. The minimum atomic E-state index is -0.606. The number of hydrogen-bond acceptors (Lipinski definition) is 3. The van der Waals surface area contributed by atoms with Crippen molar-refractivity contribution in [1.82, 2.24) is 0 Å². The largest absolute Gasteiger partial charge is 0.459 e. The highest BCUT2D eigenvalue weighted by Gasteiger charge is 2.84. The van der Waals surface area contributed by atoms with Gasteiger partial charge in [-0.25, -0.2) is 4.79 Å². The van der Waals surface area contributed by atoms with Crippen molar-refractivity contribution in [3.05, 3.63) is 35.9 Å². The molecule has 2 saturated carbocycles. The lowest BCUT2D eigenvalue weighted by Gasteiger charge is -2.20. The van der Waals surface area contributed by atoms with Gasteiger partial charge in [0.05, 0.1) is 0 Å². The Kier molecular flexibility index (Phi) is 2.17. The molecule has 3 nitrogen and oxygen atoms in total. The Bertz CT molecular complexity index is 526. The molecule has 4 unspecified atom stereocenters. The van der Waals surface area contributed by atoms with Gasteiger partial charge in [0.15, 0.2) is 5.60 Å². The molecule has 4 atom stereocenters. The van der Waals surface area contributed by atoms with Crippen LogP contribution in [0, 0.1) is 11.8 Å². The summed E-state index contributed by atoms with van der Waals surface area (Å²) in [5.74, 6) is 0.790. The van der Waals surface area contributed by atoms with E-state index >= 15 is 0 Å². The lowest BCUT2D eigenvalue weighted by Crippen LogP contribution is -2.39. The Morgan fingerprint density at radius 3 is 2.74 bits per heavy atom. The summed E-state index contributed by atoms with van der Waals surface area (Å²) >= 11 is 0. The Balaban J connectivity index is 1.48. The topological polar surface area (TPSA) is 38.8 Å². The Hall–Kier alpha value is -1.35. The van der Waals surface area contributed by atoms with Crippen molar-refractivity contribution in [2.45, 2.75) is 44.0 Å². The van der Waals surface area contributed by atoms with Crippen molar-refractivity contribution in [3.63, 3.8) is 0 Å². The fourth-order valence-corrected chi connectivity index (χ4v) is 4.28. The molecule has 19 heavy (non-hydrogen) atoms. The molecule has 3 heteroatoms. The van der Waals surface area contributed by atoms with E-state index in [1.165, 1.54) is 6.42 Å². The van der Waals surface area contributed by atoms with Crippen LogP contribution in [0.5, 0.6) is 0 Å². The first-order chi connectivity index (χ1) is 9.17. The van der Waals surface area contributed by atoms with Crippen LogP contribution >= 0.6 is 0 Å². The van der Waals surface area contributed by atoms with Gasteiger partial charge in [-0.1, -0.05) is 30.3 Å². The third-order valence-electron chi connectivity index (χ3n) is 5.37. The Morgan fingerprint density at radius 2 is 2.05 bits per heavy atom. The van der Waals surface area contributed by atoms with Gasteiger partial charge < -0.3 is 9.47 Å². The predicted molar refractivity (Wildman–Crippen MR) is 69.3 cm³/mol. The van der Waals surface area contributed by atoms with Crippen LogP contribution in [0.3, 0.4) is 0 Å². The summed E-state index contributed by atoms with van der Waals surface area (Å²) < 4.78 is 11.4. The summed E-state index contributed by atoms with van der Waals surface area (Å²) in [5, 5.41) is 0. The maximum Gasteiger partial charge on any atom is 0.342 e. The average molecular weight is 258 g/mol. The van der Waals surface area contributed by atoms with E-state index < -0.39 is 5.60 Å². The summed E-state index contributed by atoms with van der Waals surface area (Å²) in [6.07, 6.45) is 3.45. The molecule has 0 amide bonds. The van der Waals surface area contributed by atoms with E-state index in [1.54, 1.807) is 0 Å². The van der Waals surface area contributed by atoms with Crippen molar-refractivity contribution in [3.8, 4) is 0 Å². The van der Waals surface area contributed by atoms with Crippen LogP contribution < -0.4 is 0 Å². The van der Waals surface area contributed by atoms with E-state index in [-0.39, 0.29) is 11.6 Å². The summed E-state index contributed by atoms with van der Waals surface area (Å²) in [4.78, 5) is 12.4. The van der Waals surface area contributed by atoms with E-state index in [0.717, 1.165) is 18.4 Å². The zero-order valence-electron chi connectivity index (χ0n) is 11.1. The molecule has 0 N–H and O–H groups in total. The lowest BCUT2D eigenvalue weighted by atomic mass is 9.80. The normalized spacial score (nSPS) is 41.9. The number of carbonyl (C=O) groups is 1. The fraction of sp³-hybridized carbons (Fsp3) is 0.562. The first-order valence-corrected chi connectivity index (χ1v) is 7.08. The van der Waals surface area contributed by atoms with E-state index in [9.17, 15) is 4.79 Å². The predicted octanol–water partition coefficient (Wildman–Crippen LogP) is 2.69. The zero-order chi connectivity index (χ0) is 13.1. The van der Waals surface area contributed by atoms with Crippen LogP contribution in [0.15, 0.2) is 30.3 Å². The molecule has 0 spiro atoms. The zero-order valence-corrected chi connectivity index (χ0v) is 11.1. The van der Waals surface area contributed by atoms with Crippen LogP contribution in [0.4, 0.5) is 0 Å². The third kappa shape index (κ3) is 1.34. The SMILES string of the molecule is CC12OC1(C(=O)OCc1ccccc1)C1CCC2C1. The van der Waals surface area contributed by atoms with Gasteiger partial charge in [0.2, 0.25) is 0 Å². The van der Waals surface area contributed by atoms with Crippen LogP contribution in [0.25, 0.3) is 0 Å². The van der Waals surface area contributed by atoms with Gasteiger partial charge in [0, 0.05) is 5.92 Å². The van der Waals surface area contributed by atoms with Gasteiger partial charge in [-0.3, -0.25) is 0 Å². The van der Waals surface area contributed by atoms with Crippen molar-refractivity contribution < 1.29 is 14.3 Å². The van der Waals surface area contributed by atoms with E-state index in [1.807, 2.05) is 30.3 Å². The number of fused-ring (bicyclic) bond motifs is 5. The van der Waals surface area contributed by atoms with Gasteiger partial charge in [-0.15, -0.1) is 0 Å². The van der Waals surface area contributed by atoms with Crippen molar-refractivity contribution in [1.29, 1.82) is 0 Å². The molecule has 3 fully saturated rings. The summed E-state index contributed by atoms with van der Waals surface area (Å²) in [6, 6.07) is 9.81. The van der Waals surface area contributed by atoms with Crippen LogP contribution in [0.2, 0.25) is 0 Å². The number of carbonyl (C=O) groups excluding carboxylic acids is 1. The monoisotopic (exact) mass is 258 g/mol. The van der Waals surface area contributed by atoms with Crippen LogP contribution in [-0.2, 0) is 20.9 Å². The second-order valence-corrected chi connectivity index (χ2v) is 6.21. The second-order valence-electron chi connectivity index (χ2n) is 6.21. The second kappa shape index (κ2) is 3.60. The van der Waals surface area contributed by atoms with E-state index in [2.05, 4.69) is 6.92 Å². The summed E-state index contributed by atoms with van der Waals surface area (Å²) in [5.41, 5.74) is 0.187. The number of rotatable bonds is 3. The number of benzene rings is 1. The van der Waals surface area contributed by atoms with Gasteiger partial charge >= 0.3 is 5.97 Å². The fourth-order valence-electron chi connectivity index (χ4n) is 4.28. The van der Waals surface area contributed by atoms with Crippen molar-refractivity contribution in [2.75, 3.05) is 0 Å². The number of hydrogen-bond donors (Lipinski definition) is 0. The van der Waals surface area contributed by atoms with E-state index in [0.29, 0.717) is 18.4 Å². The molecule has 2 aliphatic carbocycles. The smallest absolute Gasteiger partial charge is 0.342 e. The molecule has 1 aromatic rings. The third-order valence-corrected chi connectivity index (χ3v) is 5.37. The highest BCUT2D eigenvalue weighted by Crippen LogP contribution is 2.71. The summed E-state index contributed by atoms with van der Waals surface area (Å²) in [7, 11) is 0. The summed E-state index contributed by atoms with van der Waals surface area (Å²) in [6.45, 7) is 2.43. The lowest BCUT2D eigenvalue weighted by molar-refractivity contribution is -0.153. The first-order valence-electron chi connectivity index (χ1n) is 7.08. The quantitative estimate of drug-likeness (QED) is 0.618. The maximum atomic E-state index is 12.4. The molecule has 1 heterocycles. The molecule has 1 aliphatic heterocycles. The molecule has 0 aromatic heterocycles. The molecule has 1 aromatic carbocycles. The van der Waals surface area contributed by atoms with Crippen LogP contribution in [0.1, 0.15) is 31.7 Å². The molecule has 2 bridgehead atoms. The molecule has 1 saturated heterocycles. The molecule has 3 aliphatic rings. The number of esters is 1. The van der Waals surface area contributed by atoms with E-state index in [4.69, 9.17) is 9.47 Å². The minimum absolute atomic E-state index is 0.147. The molecular weight excluding hydrogens is 240 g/mol. The van der Waals surface area contributed by atoms with Gasteiger partial charge in [0.25, 0.3) is 0 Å². The van der Waals surface area contributed by atoms with Crippen molar-refractivity contribution in [2.24, 2.45) is 11.8 Å². The number of ether oxygens (including phenoxy) is 2. The minimum Gasteiger partial charge on any atom is -0.459 e. The Morgan fingerprint density at radius 1 is 1.32 bits per heavy atom. The van der Waals surface area contributed by atoms with Gasteiger partial charge in [-0.2, -0.15) is 0 Å². The van der Waals surface area contributed by atoms with Crippen molar-refractivity contribution >= 4 is 5.97 Å². The Labute approximate surface area is 112 Å². The van der Waals surface area contributed by atoms with Gasteiger partial charge in [-0.05, 0) is 37.7 Å². The average Bonchev–Trinajstić information content (AvgIpc) is 2.79. The van der Waals surface area contributed by atoms with Crippen LogP contribution in [-0.4, -0.2) is 17.2 Å². The van der Waals surface area contributed by atoms with Gasteiger partial charge in [0.1, 0.15) is 12.2 Å². The molecule has 100 valence electrons. The maximum absolute atomic E-state index is 12.4. The first kappa shape index (κ1) is 11.5. The number of epoxide rings is 1. The molecule has 0 radical (unpaired) electrons. The molecule has 4 rings (SSSR count). The molecular formula is C16H18O3. The highest BCUT2D eigenvalue weighted by atomic mass is 16.7.